The molecule has 0 aliphatic rings. The second-order valence-electron chi connectivity index (χ2n) is 4.80. The molecule has 0 saturated heterocycles. The molecule has 0 aliphatic heterocycles. The van der Waals surface area contributed by atoms with Crippen molar-refractivity contribution in [2.45, 2.75) is 6.04 Å². The van der Waals surface area contributed by atoms with Crippen LogP contribution in [0.4, 0.5) is 0 Å². The second kappa shape index (κ2) is 6.17. The van der Waals surface area contributed by atoms with E-state index in [0.29, 0.717) is 0 Å². The second-order valence-corrected chi connectivity index (χ2v) is 4.80. The third kappa shape index (κ3) is 2.85. The molecule has 6 nitrogen and oxygen atoms in total. The van der Waals surface area contributed by atoms with Gasteiger partial charge >= 0.3 is 0 Å². The van der Waals surface area contributed by atoms with Crippen molar-refractivity contribution in [3.8, 4) is 0 Å². The minimum absolute atomic E-state index is 0.276. The van der Waals surface area contributed by atoms with Crippen molar-refractivity contribution >= 4 is 5.91 Å². The fraction of sp³-hybridized carbons (Fsp3) is 0.125. The standard InChI is InChI=1S/C16H15N5O/c1-21-10-9-19-15(21)14(12-5-3-2-4-6-12)20-16(22)13-11-17-7-8-18-13/h2-11,14H,1H3,(H,20,22)/t14-/m1/s1. The van der Waals surface area contributed by atoms with E-state index in [-0.39, 0.29) is 17.6 Å². The summed E-state index contributed by atoms with van der Waals surface area (Å²) in [6.07, 6.45) is 8.02. The number of nitrogens with zero attached hydrogens (tertiary/aromatic N) is 4. The molecule has 1 aromatic carbocycles. The Morgan fingerprint density at radius 1 is 1.14 bits per heavy atom. The first kappa shape index (κ1) is 13.9. The number of carbonyl (C=O) groups is 1. The Bertz CT molecular complexity index is 754. The SMILES string of the molecule is Cn1ccnc1[C@H](NC(=O)c1cnccn1)c1ccccc1. The molecule has 0 radical (unpaired) electrons. The Morgan fingerprint density at radius 2 is 1.95 bits per heavy atom. The number of imidazole rings is 1. The van der Waals surface area contributed by atoms with Gasteiger partial charge in [-0.05, 0) is 5.56 Å². The minimum Gasteiger partial charge on any atom is -0.337 e. The van der Waals surface area contributed by atoms with E-state index in [1.54, 1.807) is 6.20 Å². The maximum atomic E-state index is 12.4. The monoisotopic (exact) mass is 293 g/mol. The maximum Gasteiger partial charge on any atom is 0.272 e. The molecule has 0 bridgehead atoms. The lowest BCUT2D eigenvalue weighted by molar-refractivity contribution is 0.0935. The van der Waals surface area contributed by atoms with Crippen LogP contribution in [0.1, 0.15) is 27.9 Å². The maximum absolute atomic E-state index is 12.4. The highest BCUT2D eigenvalue weighted by Crippen LogP contribution is 2.20. The zero-order valence-corrected chi connectivity index (χ0v) is 12.0. The molecule has 0 spiro atoms. The molecule has 0 saturated carbocycles. The zero-order valence-electron chi connectivity index (χ0n) is 12.0. The number of amides is 1. The van der Waals surface area contributed by atoms with E-state index in [9.17, 15) is 4.79 Å². The predicted octanol–water partition coefficient (Wildman–Crippen LogP) is 1.73. The molecule has 22 heavy (non-hydrogen) atoms. The smallest absolute Gasteiger partial charge is 0.272 e. The first-order chi connectivity index (χ1) is 10.8. The zero-order chi connectivity index (χ0) is 15.4. The molecule has 3 rings (SSSR count). The highest BCUT2D eigenvalue weighted by atomic mass is 16.2. The van der Waals surface area contributed by atoms with E-state index in [2.05, 4.69) is 20.3 Å². The van der Waals surface area contributed by atoms with Gasteiger partial charge in [-0.2, -0.15) is 0 Å². The molecule has 110 valence electrons. The van der Waals surface area contributed by atoms with E-state index >= 15 is 0 Å². The van der Waals surface area contributed by atoms with Gasteiger partial charge in [0, 0.05) is 31.8 Å². The van der Waals surface area contributed by atoms with Crippen molar-refractivity contribution < 1.29 is 4.79 Å². The van der Waals surface area contributed by atoms with Crippen LogP contribution in [0.5, 0.6) is 0 Å². The van der Waals surface area contributed by atoms with Gasteiger partial charge in [-0.1, -0.05) is 30.3 Å². The fourth-order valence-electron chi connectivity index (χ4n) is 2.22. The van der Waals surface area contributed by atoms with Gasteiger partial charge < -0.3 is 9.88 Å². The quantitative estimate of drug-likeness (QED) is 0.795. The van der Waals surface area contributed by atoms with E-state index in [1.165, 1.54) is 18.6 Å². The van der Waals surface area contributed by atoms with Crippen molar-refractivity contribution in [3.63, 3.8) is 0 Å². The summed E-state index contributed by atoms with van der Waals surface area (Å²) in [7, 11) is 1.90. The topological polar surface area (TPSA) is 72.7 Å². The van der Waals surface area contributed by atoms with Gasteiger partial charge in [0.15, 0.2) is 0 Å². The van der Waals surface area contributed by atoms with Gasteiger partial charge in [-0.3, -0.25) is 9.78 Å². The minimum atomic E-state index is -0.351. The van der Waals surface area contributed by atoms with Crippen molar-refractivity contribution in [3.05, 3.63) is 78.4 Å². The van der Waals surface area contributed by atoms with Crippen LogP contribution in [0.2, 0.25) is 0 Å². The highest BCUT2D eigenvalue weighted by Gasteiger charge is 2.21. The number of hydrogen-bond acceptors (Lipinski definition) is 4. The largest absolute Gasteiger partial charge is 0.337 e. The molecule has 2 heterocycles. The number of rotatable bonds is 4. The number of aromatic nitrogens is 4. The molecular weight excluding hydrogens is 278 g/mol. The third-order valence-electron chi connectivity index (χ3n) is 3.32. The van der Waals surface area contributed by atoms with Crippen LogP contribution in [0.15, 0.2) is 61.3 Å². The summed E-state index contributed by atoms with van der Waals surface area (Å²) in [6, 6.07) is 9.35. The van der Waals surface area contributed by atoms with Crippen molar-refractivity contribution in [1.82, 2.24) is 24.8 Å². The summed E-state index contributed by atoms with van der Waals surface area (Å²) in [4.78, 5) is 24.7. The molecule has 2 aromatic heterocycles. The molecule has 1 amide bonds. The van der Waals surface area contributed by atoms with Gasteiger partial charge in [0.05, 0.1) is 6.20 Å². The average Bonchev–Trinajstić information content (AvgIpc) is 3.00. The highest BCUT2D eigenvalue weighted by molar-refractivity contribution is 5.92. The molecular formula is C16H15N5O. The number of hydrogen-bond donors (Lipinski definition) is 1. The lowest BCUT2D eigenvalue weighted by Crippen LogP contribution is -2.31. The summed E-state index contributed by atoms with van der Waals surface area (Å²) in [5.74, 6) is 0.466. The van der Waals surface area contributed by atoms with E-state index in [1.807, 2.05) is 48.1 Å². The first-order valence-corrected chi connectivity index (χ1v) is 6.85. The summed E-state index contributed by atoms with van der Waals surface area (Å²) >= 11 is 0. The summed E-state index contributed by atoms with van der Waals surface area (Å²) < 4.78 is 1.88. The van der Waals surface area contributed by atoms with E-state index in [0.717, 1.165) is 11.4 Å². The molecule has 0 fully saturated rings. The number of benzene rings is 1. The molecule has 0 aliphatic carbocycles. The Hall–Kier alpha value is -3.02. The summed E-state index contributed by atoms with van der Waals surface area (Å²) in [5.41, 5.74) is 1.23. The lowest BCUT2D eigenvalue weighted by Gasteiger charge is -2.18. The molecule has 6 heteroatoms. The Labute approximate surface area is 127 Å². The van der Waals surface area contributed by atoms with Crippen LogP contribution < -0.4 is 5.32 Å². The van der Waals surface area contributed by atoms with E-state index in [4.69, 9.17) is 0 Å². The van der Waals surface area contributed by atoms with Crippen LogP contribution in [-0.2, 0) is 7.05 Å². The Kier molecular flexibility index (Phi) is 3.91. The Balaban J connectivity index is 1.93. The van der Waals surface area contributed by atoms with Gasteiger partial charge in [-0.15, -0.1) is 0 Å². The first-order valence-electron chi connectivity index (χ1n) is 6.85. The van der Waals surface area contributed by atoms with Crippen LogP contribution >= 0.6 is 0 Å². The molecule has 1 atom stereocenters. The van der Waals surface area contributed by atoms with Crippen LogP contribution in [0, 0.1) is 0 Å². The molecule has 1 N–H and O–H groups in total. The van der Waals surface area contributed by atoms with Crippen LogP contribution in [0.25, 0.3) is 0 Å². The van der Waals surface area contributed by atoms with Gasteiger partial charge in [-0.25, -0.2) is 9.97 Å². The van der Waals surface area contributed by atoms with Crippen LogP contribution in [0.3, 0.4) is 0 Å². The van der Waals surface area contributed by atoms with Crippen molar-refractivity contribution in [1.29, 1.82) is 0 Å². The average molecular weight is 293 g/mol. The molecule has 3 aromatic rings. The number of nitrogens with one attached hydrogen (secondary N) is 1. The third-order valence-corrected chi connectivity index (χ3v) is 3.32. The lowest BCUT2D eigenvalue weighted by atomic mass is 10.1. The van der Waals surface area contributed by atoms with Gasteiger partial charge in [0.1, 0.15) is 17.6 Å². The van der Waals surface area contributed by atoms with Crippen molar-refractivity contribution in [2.24, 2.45) is 7.05 Å². The predicted molar refractivity (Wildman–Crippen MR) is 81.0 cm³/mol. The van der Waals surface area contributed by atoms with Gasteiger partial charge in [0.2, 0.25) is 0 Å². The van der Waals surface area contributed by atoms with Gasteiger partial charge in [0.25, 0.3) is 5.91 Å². The van der Waals surface area contributed by atoms with Crippen LogP contribution in [-0.4, -0.2) is 25.4 Å². The normalized spacial score (nSPS) is 11.9. The summed E-state index contributed by atoms with van der Waals surface area (Å²) in [6.45, 7) is 0. The number of aryl methyl sites for hydroxylation is 1. The Morgan fingerprint density at radius 3 is 2.59 bits per heavy atom. The van der Waals surface area contributed by atoms with Crippen molar-refractivity contribution in [2.75, 3.05) is 0 Å². The number of carbonyl (C=O) groups excluding carboxylic acids is 1. The fourth-order valence-corrected chi connectivity index (χ4v) is 2.22. The molecule has 0 unspecified atom stereocenters. The summed E-state index contributed by atoms with van der Waals surface area (Å²) in [5, 5.41) is 2.97. The van der Waals surface area contributed by atoms with E-state index < -0.39 is 0 Å².